The van der Waals surface area contributed by atoms with Crippen LogP contribution in [0.2, 0.25) is 0 Å². The van der Waals surface area contributed by atoms with Gasteiger partial charge in [-0.25, -0.2) is 8.78 Å². The molecule has 138 valence electrons. The Balaban J connectivity index is 1.43. The summed E-state index contributed by atoms with van der Waals surface area (Å²) in [5.74, 6) is -1.58. The first-order valence-electron chi connectivity index (χ1n) is 8.56. The van der Waals surface area contributed by atoms with Crippen LogP contribution in [0.4, 0.5) is 8.78 Å². The Kier molecular flexibility index (Phi) is 5.82. The minimum atomic E-state index is -1.01. The van der Waals surface area contributed by atoms with Gasteiger partial charge in [0, 0.05) is 25.2 Å². The van der Waals surface area contributed by atoms with Crippen molar-refractivity contribution in [3.05, 3.63) is 29.8 Å². The van der Waals surface area contributed by atoms with Gasteiger partial charge in [0.05, 0.1) is 5.92 Å². The molecule has 3 rings (SSSR count). The maximum atomic E-state index is 13.1. The summed E-state index contributed by atoms with van der Waals surface area (Å²) in [5, 5.41) is 12.7. The van der Waals surface area contributed by atoms with Crippen LogP contribution >= 0.6 is 0 Å². The predicted octanol–water partition coefficient (Wildman–Crippen LogP) is 0.713. The molecule has 1 saturated heterocycles. The van der Waals surface area contributed by atoms with Crippen molar-refractivity contribution in [2.24, 2.45) is 11.8 Å². The fraction of sp³-hybridized carbons (Fsp3) is 0.588. The van der Waals surface area contributed by atoms with E-state index in [0.717, 1.165) is 37.9 Å². The van der Waals surface area contributed by atoms with E-state index in [1.54, 1.807) is 0 Å². The van der Waals surface area contributed by atoms with Crippen LogP contribution in [0.1, 0.15) is 19.3 Å². The summed E-state index contributed by atoms with van der Waals surface area (Å²) in [5.41, 5.74) is 6.27. The molecule has 1 amide bonds. The van der Waals surface area contributed by atoms with E-state index in [2.05, 4.69) is 16.2 Å². The van der Waals surface area contributed by atoms with Crippen molar-refractivity contribution < 1.29 is 23.4 Å². The van der Waals surface area contributed by atoms with Crippen molar-refractivity contribution in [2.75, 3.05) is 19.7 Å². The van der Waals surface area contributed by atoms with Gasteiger partial charge in [-0.2, -0.15) is 0 Å². The van der Waals surface area contributed by atoms with Gasteiger partial charge in [0.25, 0.3) is 0 Å². The second kappa shape index (κ2) is 8.07. The molecular formula is C17H23F2N3O3. The van der Waals surface area contributed by atoms with Gasteiger partial charge in [-0.3, -0.25) is 15.6 Å². The Bertz CT molecular complexity index is 617. The first kappa shape index (κ1) is 18.0. The lowest BCUT2D eigenvalue weighted by Gasteiger charge is -2.32. The number of carbonyl (C=O) groups is 1. The fourth-order valence-electron chi connectivity index (χ4n) is 3.50. The van der Waals surface area contributed by atoms with Gasteiger partial charge in [-0.1, -0.05) is 6.42 Å². The molecule has 4 unspecified atom stereocenters. The Morgan fingerprint density at radius 1 is 1.36 bits per heavy atom. The first-order valence-corrected chi connectivity index (χ1v) is 8.56. The quantitative estimate of drug-likeness (QED) is 0.604. The average molecular weight is 355 g/mol. The highest BCUT2D eigenvalue weighted by Gasteiger charge is 2.40. The maximum absolute atomic E-state index is 13.1. The Morgan fingerprint density at radius 3 is 3.00 bits per heavy atom. The molecule has 2 fully saturated rings. The number of hydrogen-bond donors (Lipinski definition) is 4. The maximum Gasteiger partial charge on any atom is 0.224 e. The van der Waals surface area contributed by atoms with Crippen LogP contribution in [-0.4, -0.2) is 42.9 Å². The molecule has 0 spiro atoms. The standard InChI is InChI=1S/C17H23F2N3O3/c18-14-5-4-12(6-15(14)19)25-9-11(23)8-20-17(24)13-3-1-2-10-7-21-22-16(10)13/h4-6,10-11,13,16,21-23H,1-3,7-9H2,(H,20,24). The molecule has 1 aliphatic carbocycles. The van der Waals surface area contributed by atoms with E-state index in [1.807, 2.05) is 0 Å². The number of halogens is 2. The minimum absolute atomic E-state index is 0.0455. The lowest BCUT2D eigenvalue weighted by atomic mass is 9.77. The molecular weight excluding hydrogens is 332 g/mol. The lowest BCUT2D eigenvalue weighted by molar-refractivity contribution is -0.127. The summed E-state index contributed by atoms with van der Waals surface area (Å²) in [6.07, 6.45) is 2.01. The zero-order valence-electron chi connectivity index (χ0n) is 13.8. The van der Waals surface area contributed by atoms with Gasteiger partial charge in [-0.15, -0.1) is 0 Å². The van der Waals surface area contributed by atoms with E-state index >= 15 is 0 Å². The number of aliphatic hydroxyl groups is 1. The van der Waals surface area contributed by atoms with Gasteiger partial charge in [0.1, 0.15) is 18.5 Å². The number of carbonyl (C=O) groups excluding carboxylic acids is 1. The van der Waals surface area contributed by atoms with Crippen molar-refractivity contribution in [1.82, 2.24) is 16.2 Å². The molecule has 25 heavy (non-hydrogen) atoms. The summed E-state index contributed by atoms with van der Waals surface area (Å²) in [6, 6.07) is 3.29. The molecule has 1 aliphatic heterocycles. The van der Waals surface area contributed by atoms with E-state index in [9.17, 15) is 18.7 Å². The van der Waals surface area contributed by atoms with E-state index in [1.165, 1.54) is 6.07 Å². The Hall–Kier alpha value is -1.77. The number of amides is 1. The topological polar surface area (TPSA) is 82.6 Å². The highest BCUT2D eigenvalue weighted by molar-refractivity contribution is 5.79. The third-order valence-electron chi connectivity index (χ3n) is 4.85. The normalized spacial score (nSPS) is 26.8. The summed E-state index contributed by atoms with van der Waals surface area (Å²) in [6.45, 7) is 0.796. The highest BCUT2D eigenvalue weighted by atomic mass is 19.2. The van der Waals surface area contributed by atoms with Crippen LogP contribution in [0.25, 0.3) is 0 Å². The SMILES string of the molecule is O=C(NCC(O)COc1ccc(F)c(F)c1)C1CCCC2CNNC21. The van der Waals surface area contributed by atoms with Crippen molar-refractivity contribution in [3.8, 4) is 5.75 Å². The molecule has 1 aromatic carbocycles. The van der Waals surface area contributed by atoms with E-state index in [-0.39, 0.29) is 36.8 Å². The molecule has 0 radical (unpaired) electrons. The Morgan fingerprint density at radius 2 is 2.20 bits per heavy atom. The molecule has 6 nitrogen and oxygen atoms in total. The first-order chi connectivity index (χ1) is 12.0. The van der Waals surface area contributed by atoms with Crippen molar-refractivity contribution in [1.29, 1.82) is 0 Å². The third-order valence-corrected chi connectivity index (χ3v) is 4.85. The number of fused-ring (bicyclic) bond motifs is 1. The zero-order valence-corrected chi connectivity index (χ0v) is 13.8. The smallest absolute Gasteiger partial charge is 0.224 e. The molecule has 0 aromatic heterocycles. The van der Waals surface area contributed by atoms with Crippen LogP contribution < -0.4 is 20.9 Å². The molecule has 0 bridgehead atoms. The molecule has 1 heterocycles. The number of benzene rings is 1. The molecule has 4 atom stereocenters. The number of ether oxygens (including phenoxy) is 1. The van der Waals surface area contributed by atoms with Crippen LogP contribution in [0.3, 0.4) is 0 Å². The average Bonchev–Trinajstić information content (AvgIpc) is 3.09. The zero-order chi connectivity index (χ0) is 17.8. The minimum Gasteiger partial charge on any atom is -0.491 e. The van der Waals surface area contributed by atoms with Crippen LogP contribution in [0, 0.1) is 23.5 Å². The lowest BCUT2D eigenvalue weighted by Crippen LogP contribution is -2.49. The largest absolute Gasteiger partial charge is 0.491 e. The molecule has 2 aliphatic rings. The number of hydrogen-bond acceptors (Lipinski definition) is 5. The van der Waals surface area contributed by atoms with Crippen LogP contribution in [0.5, 0.6) is 5.75 Å². The summed E-state index contributed by atoms with van der Waals surface area (Å²) in [7, 11) is 0. The van der Waals surface area contributed by atoms with Gasteiger partial charge in [0.2, 0.25) is 5.91 Å². The summed E-state index contributed by atoms with van der Waals surface area (Å²) >= 11 is 0. The summed E-state index contributed by atoms with van der Waals surface area (Å²) in [4.78, 5) is 12.4. The van der Waals surface area contributed by atoms with E-state index in [0.29, 0.717) is 5.92 Å². The van der Waals surface area contributed by atoms with Crippen molar-refractivity contribution >= 4 is 5.91 Å². The van der Waals surface area contributed by atoms with Crippen LogP contribution in [0.15, 0.2) is 18.2 Å². The van der Waals surface area contributed by atoms with Gasteiger partial charge >= 0.3 is 0 Å². The van der Waals surface area contributed by atoms with E-state index < -0.39 is 17.7 Å². The number of aliphatic hydroxyl groups excluding tert-OH is 1. The van der Waals surface area contributed by atoms with E-state index in [4.69, 9.17) is 4.74 Å². The third kappa shape index (κ3) is 4.45. The fourth-order valence-corrected chi connectivity index (χ4v) is 3.50. The molecule has 1 aromatic rings. The van der Waals surface area contributed by atoms with Crippen molar-refractivity contribution in [2.45, 2.75) is 31.4 Å². The second-order valence-corrected chi connectivity index (χ2v) is 6.63. The Labute approximate surface area is 144 Å². The van der Waals surface area contributed by atoms with Gasteiger partial charge in [0.15, 0.2) is 11.6 Å². The number of nitrogens with one attached hydrogen (secondary N) is 3. The second-order valence-electron chi connectivity index (χ2n) is 6.63. The van der Waals surface area contributed by atoms with Gasteiger partial charge in [-0.05, 0) is 30.9 Å². The highest BCUT2D eigenvalue weighted by Crippen LogP contribution is 2.31. The predicted molar refractivity (Wildman–Crippen MR) is 86.6 cm³/mol. The monoisotopic (exact) mass is 355 g/mol. The summed E-state index contributed by atoms with van der Waals surface area (Å²) < 4.78 is 31.1. The molecule has 1 saturated carbocycles. The molecule has 4 N–H and O–H groups in total. The molecule has 8 heteroatoms. The van der Waals surface area contributed by atoms with Crippen LogP contribution in [-0.2, 0) is 4.79 Å². The number of rotatable bonds is 6. The number of hydrazine groups is 1. The van der Waals surface area contributed by atoms with Crippen molar-refractivity contribution in [3.63, 3.8) is 0 Å². The van der Waals surface area contributed by atoms with Gasteiger partial charge < -0.3 is 15.2 Å².